The highest BCUT2D eigenvalue weighted by Gasteiger charge is 2.10. The summed E-state index contributed by atoms with van der Waals surface area (Å²) in [5.74, 6) is -0.775. The van der Waals surface area contributed by atoms with E-state index in [9.17, 15) is 9.18 Å². The zero-order chi connectivity index (χ0) is 11.4. The van der Waals surface area contributed by atoms with Crippen LogP contribution in [0.4, 0.5) is 4.39 Å². The Morgan fingerprint density at radius 2 is 2.19 bits per heavy atom. The molecule has 0 saturated carbocycles. The molecule has 0 unspecified atom stereocenters. The van der Waals surface area contributed by atoms with Gasteiger partial charge in [0.25, 0.3) is 5.91 Å². The number of hydrogen-bond acceptors (Lipinski definition) is 2. The fourth-order valence-corrected chi connectivity index (χ4v) is 1.52. The Morgan fingerprint density at radius 3 is 2.69 bits per heavy atom. The van der Waals surface area contributed by atoms with Crippen LogP contribution in [0.2, 0.25) is 0 Å². The molecule has 0 fully saturated rings. The Bertz CT molecular complexity index is 356. The highest BCUT2D eigenvalue weighted by molar-refractivity contribution is 9.10. The van der Waals surface area contributed by atoms with Crippen molar-refractivity contribution in [3.8, 4) is 0 Å². The number of benzene rings is 1. The van der Waals surface area contributed by atoms with E-state index in [1.54, 1.807) is 13.0 Å². The quantitative estimate of drug-likeness (QED) is 0.898. The number of nitrogens with two attached hydrogens (primary N) is 1. The number of rotatable bonds is 3. The second-order valence-corrected chi connectivity index (χ2v) is 4.18. The fraction of sp³-hybridized carbons (Fsp3) is 0.300. The van der Waals surface area contributed by atoms with E-state index in [0.29, 0.717) is 11.0 Å². The van der Waals surface area contributed by atoms with Crippen molar-refractivity contribution < 1.29 is 9.18 Å². The van der Waals surface area contributed by atoms with Gasteiger partial charge in [0.1, 0.15) is 5.82 Å². The molecule has 0 aliphatic rings. The summed E-state index contributed by atoms with van der Waals surface area (Å²) in [6, 6.07) is 3.91. The summed E-state index contributed by atoms with van der Waals surface area (Å²) in [5.41, 5.74) is 5.64. The minimum absolute atomic E-state index is 0. The topological polar surface area (TPSA) is 55.1 Å². The Labute approximate surface area is 108 Å². The van der Waals surface area contributed by atoms with E-state index >= 15 is 0 Å². The molecule has 0 heterocycles. The molecule has 1 aromatic rings. The maximum Gasteiger partial charge on any atom is 0.251 e. The molecular formula is C10H13BrClFN2O. The number of carbonyl (C=O) groups is 1. The lowest BCUT2D eigenvalue weighted by molar-refractivity contribution is 0.0940. The van der Waals surface area contributed by atoms with Crippen molar-refractivity contribution in [2.24, 2.45) is 5.73 Å². The summed E-state index contributed by atoms with van der Waals surface area (Å²) in [6.07, 6.45) is 0. The summed E-state index contributed by atoms with van der Waals surface area (Å²) in [6.45, 7) is 2.13. The molecule has 1 rings (SSSR count). The summed E-state index contributed by atoms with van der Waals surface area (Å²) in [4.78, 5) is 11.6. The highest BCUT2D eigenvalue weighted by Crippen LogP contribution is 2.14. The van der Waals surface area contributed by atoms with Gasteiger partial charge in [0, 0.05) is 22.6 Å². The maximum absolute atomic E-state index is 13.0. The highest BCUT2D eigenvalue weighted by atomic mass is 79.9. The Hall–Kier alpha value is -0.650. The minimum atomic E-state index is -0.449. The smallest absolute Gasteiger partial charge is 0.251 e. The first-order valence-corrected chi connectivity index (χ1v) is 5.29. The van der Waals surface area contributed by atoms with Crippen LogP contribution in [0.25, 0.3) is 0 Å². The predicted octanol–water partition coefficient (Wildman–Crippen LogP) is 2.09. The number of halogens is 3. The third kappa shape index (κ3) is 4.47. The average Bonchev–Trinajstić information content (AvgIpc) is 2.16. The summed E-state index contributed by atoms with van der Waals surface area (Å²) >= 11 is 3.12. The first-order valence-electron chi connectivity index (χ1n) is 4.50. The van der Waals surface area contributed by atoms with Crippen LogP contribution in [0, 0.1) is 5.82 Å². The van der Waals surface area contributed by atoms with Gasteiger partial charge in [0.05, 0.1) is 0 Å². The summed E-state index contributed by atoms with van der Waals surface area (Å²) < 4.78 is 13.5. The van der Waals surface area contributed by atoms with E-state index in [2.05, 4.69) is 21.2 Å². The van der Waals surface area contributed by atoms with Gasteiger partial charge in [-0.2, -0.15) is 0 Å². The van der Waals surface area contributed by atoms with Gasteiger partial charge in [-0.15, -0.1) is 12.4 Å². The van der Waals surface area contributed by atoms with E-state index in [-0.39, 0.29) is 29.9 Å². The monoisotopic (exact) mass is 310 g/mol. The van der Waals surface area contributed by atoms with Crippen LogP contribution >= 0.6 is 28.3 Å². The van der Waals surface area contributed by atoms with Gasteiger partial charge in [0.15, 0.2) is 0 Å². The minimum Gasteiger partial charge on any atom is -0.348 e. The largest absolute Gasteiger partial charge is 0.348 e. The van der Waals surface area contributed by atoms with Crippen LogP contribution in [0.3, 0.4) is 0 Å². The van der Waals surface area contributed by atoms with Crippen molar-refractivity contribution in [1.82, 2.24) is 5.32 Å². The molecule has 6 heteroatoms. The number of hydrogen-bond donors (Lipinski definition) is 2. The molecule has 0 radical (unpaired) electrons. The van der Waals surface area contributed by atoms with Crippen molar-refractivity contribution >= 4 is 34.2 Å². The van der Waals surface area contributed by atoms with Gasteiger partial charge >= 0.3 is 0 Å². The standard InChI is InChI=1S/C10H12BrFN2O.ClH/c1-6(5-13)14-10(15)7-2-8(11)4-9(12)3-7;/h2-4,6H,5,13H2,1H3,(H,14,15);1H/t6-;/m1./s1. The molecule has 0 aromatic heterocycles. The van der Waals surface area contributed by atoms with Crippen molar-refractivity contribution in [1.29, 1.82) is 0 Å². The van der Waals surface area contributed by atoms with Crippen molar-refractivity contribution in [2.45, 2.75) is 13.0 Å². The van der Waals surface area contributed by atoms with E-state index in [1.807, 2.05) is 0 Å². The molecule has 0 bridgehead atoms. The molecule has 1 atom stereocenters. The second kappa shape index (κ2) is 6.83. The molecule has 3 nitrogen and oxygen atoms in total. The lowest BCUT2D eigenvalue weighted by atomic mass is 10.2. The molecule has 0 spiro atoms. The maximum atomic E-state index is 13.0. The summed E-state index contributed by atoms with van der Waals surface area (Å²) in [5, 5.41) is 2.65. The van der Waals surface area contributed by atoms with Gasteiger partial charge in [-0.1, -0.05) is 15.9 Å². The van der Waals surface area contributed by atoms with E-state index in [4.69, 9.17) is 5.73 Å². The fourth-order valence-electron chi connectivity index (χ4n) is 1.05. The summed E-state index contributed by atoms with van der Waals surface area (Å²) in [7, 11) is 0. The van der Waals surface area contributed by atoms with Gasteiger partial charge in [-0.25, -0.2) is 4.39 Å². The van der Waals surface area contributed by atoms with Crippen molar-refractivity contribution in [3.05, 3.63) is 34.1 Å². The van der Waals surface area contributed by atoms with Gasteiger partial charge in [-0.3, -0.25) is 4.79 Å². The molecule has 1 aromatic carbocycles. The molecule has 0 saturated heterocycles. The molecule has 3 N–H and O–H groups in total. The normalized spacial score (nSPS) is 11.5. The molecule has 16 heavy (non-hydrogen) atoms. The first kappa shape index (κ1) is 15.3. The molecule has 1 amide bonds. The Morgan fingerprint density at radius 1 is 1.56 bits per heavy atom. The average molecular weight is 312 g/mol. The molecular weight excluding hydrogens is 298 g/mol. The predicted molar refractivity (Wildman–Crippen MR) is 67.3 cm³/mol. The zero-order valence-electron chi connectivity index (χ0n) is 8.67. The van der Waals surface area contributed by atoms with Crippen LogP contribution in [0.1, 0.15) is 17.3 Å². The van der Waals surface area contributed by atoms with Crippen molar-refractivity contribution in [3.63, 3.8) is 0 Å². The van der Waals surface area contributed by atoms with Gasteiger partial charge < -0.3 is 11.1 Å². The Balaban J connectivity index is 0.00000225. The third-order valence-corrected chi connectivity index (χ3v) is 2.31. The van der Waals surface area contributed by atoms with Gasteiger partial charge in [0.2, 0.25) is 0 Å². The van der Waals surface area contributed by atoms with Crippen molar-refractivity contribution in [2.75, 3.05) is 6.54 Å². The first-order chi connectivity index (χ1) is 7.02. The zero-order valence-corrected chi connectivity index (χ0v) is 11.1. The Kier molecular flexibility index (Phi) is 6.55. The van der Waals surface area contributed by atoms with E-state index < -0.39 is 5.82 Å². The van der Waals surface area contributed by atoms with E-state index in [0.717, 1.165) is 0 Å². The molecule has 90 valence electrons. The number of amides is 1. The third-order valence-electron chi connectivity index (χ3n) is 1.86. The lowest BCUT2D eigenvalue weighted by Crippen LogP contribution is -2.37. The van der Waals surface area contributed by atoms with Crippen LogP contribution in [-0.2, 0) is 0 Å². The lowest BCUT2D eigenvalue weighted by Gasteiger charge is -2.11. The number of nitrogens with one attached hydrogen (secondary N) is 1. The van der Waals surface area contributed by atoms with Crippen LogP contribution in [-0.4, -0.2) is 18.5 Å². The van der Waals surface area contributed by atoms with E-state index in [1.165, 1.54) is 12.1 Å². The van der Waals surface area contributed by atoms with Crippen LogP contribution < -0.4 is 11.1 Å². The SMILES string of the molecule is C[C@H](CN)NC(=O)c1cc(F)cc(Br)c1.Cl. The second-order valence-electron chi connectivity index (χ2n) is 3.27. The number of carbonyl (C=O) groups excluding carboxylic acids is 1. The van der Waals surface area contributed by atoms with Crippen LogP contribution in [0.15, 0.2) is 22.7 Å². The van der Waals surface area contributed by atoms with Crippen LogP contribution in [0.5, 0.6) is 0 Å². The molecule has 0 aliphatic carbocycles. The van der Waals surface area contributed by atoms with Gasteiger partial charge in [-0.05, 0) is 25.1 Å². The molecule has 0 aliphatic heterocycles.